The molecule has 0 radical (unpaired) electrons. The predicted octanol–water partition coefficient (Wildman–Crippen LogP) is 0.162. The normalized spacial score (nSPS) is 10.8. The molecule has 0 aliphatic carbocycles. The average molecular weight is 231 g/mol. The van der Waals surface area contributed by atoms with Gasteiger partial charge in [-0.1, -0.05) is 5.16 Å². The van der Waals surface area contributed by atoms with Crippen molar-refractivity contribution in [1.29, 1.82) is 0 Å². The Morgan fingerprint density at radius 3 is 3.24 bits per heavy atom. The first-order valence-electron chi connectivity index (χ1n) is 5.07. The second kappa shape index (κ2) is 4.16. The zero-order valence-electron chi connectivity index (χ0n) is 8.82. The van der Waals surface area contributed by atoms with Crippen LogP contribution in [0, 0.1) is 0 Å². The lowest BCUT2D eigenvalue weighted by atomic mass is 10.4. The lowest BCUT2D eigenvalue weighted by Gasteiger charge is -2.03. The van der Waals surface area contributed by atoms with Gasteiger partial charge in [0.25, 0.3) is 0 Å². The summed E-state index contributed by atoms with van der Waals surface area (Å²) in [5.74, 6) is 1.27. The fourth-order valence-corrected chi connectivity index (χ4v) is 1.48. The van der Waals surface area contributed by atoms with Gasteiger partial charge < -0.3 is 9.84 Å². The number of nitrogens with zero attached hydrogens (tertiary/aromatic N) is 6. The van der Waals surface area contributed by atoms with Gasteiger partial charge in [0.1, 0.15) is 6.33 Å². The molecule has 0 saturated heterocycles. The molecule has 3 rings (SSSR count). The molecule has 86 valence electrons. The van der Waals surface area contributed by atoms with Crippen molar-refractivity contribution in [1.82, 2.24) is 29.7 Å². The van der Waals surface area contributed by atoms with Crippen LogP contribution in [-0.2, 0) is 6.42 Å². The summed E-state index contributed by atoms with van der Waals surface area (Å²) in [4.78, 5) is 8.13. The summed E-state index contributed by atoms with van der Waals surface area (Å²) in [5.41, 5.74) is 0.693. The summed E-state index contributed by atoms with van der Waals surface area (Å²) in [7, 11) is 0. The van der Waals surface area contributed by atoms with Gasteiger partial charge in [0, 0.05) is 25.4 Å². The van der Waals surface area contributed by atoms with Gasteiger partial charge in [0.05, 0.1) is 0 Å². The van der Waals surface area contributed by atoms with Gasteiger partial charge in [-0.15, -0.1) is 10.2 Å². The van der Waals surface area contributed by atoms with Gasteiger partial charge in [-0.05, 0) is 0 Å². The fraction of sp³-hybridized carbons (Fsp3) is 0.222. The average Bonchev–Trinajstić information content (AvgIpc) is 2.99. The third-order valence-corrected chi connectivity index (χ3v) is 2.25. The molecule has 8 heteroatoms. The quantitative estimate of drug-likeness (QED) is 0.683. The van der Waals surface area contributed by atoms with Crippen LogP contribution in [0.2, 0.25) is 0 Å². The number of nitrogens with one attached hydrogen (secondary N) is 1. The lowest BCUT2D eigenvalue weighted by molar-refractivity contribution is 0.379. The van der Waals surface area contributed by atoms with Gasteiger partial charge >= 0.3 is 0 Å². The van der Waals surface area contributed by atoms with E-state index in [4.69, 9.17) is 4.52 Å². The van der Waals surface area contributed by atoms with E-state index < -0.39 is 0 Å². The summed E-state index contributed by atoms with van der Waals surface area (Å²) >= 11 is 0. The van der Waals surface area contributed by atoms with Gasteiger partial charge in [0.2, 0.25) is 11.5 Å². The molecule has 0 atom stereocenters. The molecule has 3 heterocycles. The first kappa shape index (κ1) is 9.70. The number of fused-ring (bicyclic) bond motifs is 1. The van der Waals surface area contributed by atoms with E-state index in [1.165, 1.54) is 6.33 Å². The van der Waals surface area contributed by atoms with E-state index in [1.54, 1.807) is 23.1 Å². The highest BCUT2D eigenvalue weighted by Crippen LogP contribution is 2.09. The maximum atomic E-state index is 4.89. The summed E-state index contributed by atoms with van der Waals surface area (Å²) < 4.78 is 6.68. The molecule has 0 amide bonds. The largest absolute Gasteiger partial charge is 0.366 e. The van der Waals surface area contributed by atoms with E-state index in [0.717, 1.165) is 0 Å². The third kappa shape index (κ3) is 1.92. The number of hydrogen-bond acceptors (Lipinski definition) is 7. The molecule has 0 aliphatic heterocycles. The molecule has 3 aromatic rings. The Labute approximate surface area is 95.7 Å². The van der Waals surface area contributed by atoms with Crippen molar-refractivity contribution in [3.63, 3.8) is 0 Å². The number of rotatable bonds is 4. The van der Waals surface area contributed by atoms with Gasteiger partial charge in [0.15, 0.2) is 12.1 Å². The minimum atomic E-state index is 0.589. The SMILES string of the molecule is c1noc(CCNc2nccn3cnnc23)n1. The van der Waals surface area contributed by atoms with E-state index in [-0.39, 0.29) is 0 Å². The van der Waals surface area contributed by atoms with Crippen LogP contribution in [0.1, 0.15) is 5.89 Å². The Morgan fingerprint density at radius 1 is 1.35 bits per heavy atom. The van der Waals surface area contributed by atoms with Crippen LogP contribution in [0.3, 0.4) is 0 Å². The highest BCUT2D eigenvalue weighted by molar-refractivity contribution is 5.61. The van der Waals surface area contributed by atoms with E-state index >= 15 is 0 Å². The van der Waals surface area contributed by atoms with Crippen LogP contribution >= 0.6 is 0 Å². The Morgan fingerprint density at radius 2 is 2.35 bits per heavy atom. The van der Waals surface area contributed by atoms with Crippen molar-refractivity contribution in [2.75, 3.05) is 11.9 Å². The van der Waals surface area contributed by atoms with Crippen LogP contribution in [0.25, 0.3) is 5.65 Å². The van der Waals surface area contributed by atoms with Gasteiger partial charge in [-0.2, -0.15) is 4.98 Å². The van der Waals surface area contributed by atoms with Crippen LogP contribution in [0.4, 0.5) is 5.82 Å². The lowest BCUT2D eigenvalue weighted by Crippen LogP contribution is -2.07. The predicted molar refractivity (Wildman–Crippen MR) is 57.3 cm³/mol. The van der Waals surface area contributed by atoms with Gasteiger partial charge in [-0.3, -0.25) is 4.40 Å². The number of anilines is 1. The summed E-state index contributed by atoms with van der Waals surface area (Å²) in [6, 6.07) is 0. The monoisotopic (exact) mass is 231 g/mol. The standard InChI is InChI=1S/C9H9N7O/c1(7-12-5-14-17-7)2-10-8-9-15-13-6-16(9)4-3-11-8/h3-6H,1-2H2,(H,10,11). The summed E-state index contributed by atoms with van der Waals surface area (Å²) in [5, 5.41) is 14.5. The fourth-order valence-electron chi connectivity index (χ4n) is 1.48. The molecule has 0 aliphatic rings. The zero-order valence-corrected chi connectivity index (χ0v) is 8.82. The molecule has 17 heavy (non-hydrogen) atoms. The molecule has 3 aromatic heterocycles. The molecule has 0 bridgehead atoms. The Hall–Kier alpha value is -2.51. The van der Waals surface area contributed by atoms with Crippen molar-refractivity contribution in [3.05, 3.63) is 30.9 Å². The van der Waals surface area contributed by atoms with Crippen LogP contribution in [0.5, 0.6) is 0 Å². The minimum absolute atomic E-state index is 0.589. The summed E-state index contributed by atoms with van der Waals surface area (Å²) in [6.07, 6.45) is 7.12. The highest BCUT2D eigenvalue weighted by Gasteiger charge is 2.04. The van der Waals surface area contributed by atoms with Crippen molar-refractivity contribution >= 4 is 11.5 Å². The number of aromatic nitrogens is 6. The van der Waals surface area contributed by atoms with E-state index in [0.29, 0.717) is 30.3 Å². The Bertz CT molecular complexity index is 603. The topological polar surface area (TPSA) is 94.0 Å². The minimum Gasteiger partial charge on any atom is -0.366 e. The second-order valence-corrected chi connectivity index (χ2v) is 3.35. The van der Waals surface area contributed by atoms with Gasteiger partial charge in [-0.25, -0.2) is 4.98 Å². The van der Waals surface area contributed by atoms with Crippen molar-refractivity contribution in [3.8, 4) is 0 Å². The molecular formula is C9H9N7O. The maximum Gasteiger partial charge on any atom is 0.228 e. The molecule has 1 N–H and O–H groups in total. The molecule has 8 nitrogen and oxygen atoms in total. The molecule has 0 saturated carbocycles. The van der Waals surface area contributed by atoms with Crippen LogP contribution in [-0.4, -0.2) is 36.3 Å². The smallest absolute Gasteiger partial charge is 0.228 e. The first-order valence-corrected chi connectivity index (χ1v) is 5.07. The summed E-state index contributed by atoms with van der Waals surface area (Å²) in [6.45, 7) is 0.641. The first-order chi connectivity index (χ1) is 8.43. The Balaban J connectivity index is 1.70. The molecule has 0 spiro atoms. The number of hydrogen-bond donors (Lipinski definition) is 1. The van der Waals surface area contributed by atoms with Crippen molar-refractivity contribution in [2.24, 2.45) is 0 Å². The third-order valence-electron chi connectivity index (χ3n) is 2.25. The zero-order chi connectivity index (χ0) is 11.5. The van der Waals surface area contributed by atoms with Crippen LogP contribution in [0.15, 0.2) is 29.6 Å². The van der Waals surface area contributed by atoms with E-state index in [1.807, 2.05) is 0 Å². The maximum absolute atomic E-state index is 4.89. The highest BCUT2D eigenvalue weighted by atomic mass is 16.5. The molecule has 0 unspecified atom stereocenters. The molecule has 0 aromatic carbocycles. The Kier molecular flexibility index (Phi) is 2.37. The molecular weight excluding hydrogens is 222 g/mol. The second-order valence-electron chi connectivity index (χ2n) is 3.35. The van der Waals surface area contributed by atoms with Crippen molar-refractivity contribution in [2.45, 2.75) is 6.42 Å². The molecule has 0 fully saturated rings. The van der Waals surface area contributed by atoms with E-state index in [2.05, 4.69) is 30.6 Å². The van der Waals surface area contributed by atoms with Crippen LogP contribution < -0.4 is 5.32 Å². The van der Waals surface area contributed by atoms with Crippen molar-refractivity contribution < 1.29 is 4.52 Å². The van der Waals surface area contributed by atoms with E-state index in [9.17, 15) is 0 Å².